The van der Waals surface area contributed by atoms with E-state index >= 15 is 0 Å². The Morgan fingerprint density at radius 2 is 1.91 bits per heavy atom. The van der Waals surface area contributed by atoms with Gasteiger partial charge in [0, 0.05) is 18.2 Å². The SMILES string of the molecule is CC(C)(C)c1ccc(OCC(=O)NNC(=S)NC(=O)/C=C/c2cccc([N+](=O)[O-])c2)c(Br)c1. The zero-order chi connectivity index (χ0) is 24.6. The first kappa shape index (κ1) is 25.9. The van der Waals surface area contributed by atoms with Crippen LogP contribution in [0.3, 0.4) is 0 Å². The average Bonchev–Trinajstić information content (AvgIpc) is 2.75. The highest BCUT2D eigenvalue weighted by Crippen LogP contribution is 2.31. The molecule has 33 heavy (non-hydrogen) atoms. The zero-order valence-electron chi connectivity index (χ0n) is 18.2. The van der Waals surface area contributed by atoms with Crippen molar-refractivity contribution in [2.75, 3.05) is 6.61 Å². The Bertz CT molecular complexity index is 1100. The van der Waals surface area contributed by atoms with Gasteiger partial charge in [-0.25, -0.2) is 0 Å². The van der Waals surface area contributed by atoms with Crippen LogP contribution in [-0.4, -0.2) is 28.5 Å². The first-order chi connectivity index (χ1) is 15.5. The molecule has 0 spiro atoms. The van der Waals surface area contributed by atoms with Gasteiger partial charge in [0.1, 0.15) is 5.75 Å². The molecule has 2 aromatic rings. The Hall–Kier alpha value is -3.31. The Morgan fingerprint density at radius 3 is 2.55 bits per heavy atom. The van der Waals surface area contributed by atoms with Crippen LogP contribution in [0.4, 0.5) is 5.69 Å². The molecule has 2 aromatic carbocycles. The average molecular weight is 535 g/mol. The van der Waals surface area contributed by atoms with E-state index in [1.807, 2.05) is 12.1 Å². The molecular weight excluding hydrogens is 512 g/mol. The number of non-ortho nitro benzene ring substituents is 1. The summed E-state index contributed by atoms with van der Waals surface area (Å²) in [6, 6.07) is 11.5. The summed E-state index contributed by atoms with van der Waals surface area (Å²) in [4.78, 5) is 34.2. The van der Waals surface area contributed by atoms with E-state index in [-0.39, 0.29) is 22.8 Å². The molecule has 0 aliphatic carbocycles. The number of hydrogen-bond donors (Lipinski definition) is 3. The van der Waals surface area contributed by atoms with Crippen molar-refractivity contribution in [3.63, 3.8) is 0 Å². The molecule has 0 aromatic heterocycles. The molecule has 0 saturated carbocycles. The fourth-order valence-electron chi connectivity index (χ4n) is 2.49. The minimum Gasteiger partial charge on any atom is -0.483 e. The number of thiocarbonyl (C=S) groups is 1. The van der Waals surface area contributed by atoms with Gasteiger partial charge < -0.3 is 4.74 Å². The molecule has 0 saturated heterocycles. The van der Waals surface area contributed by atoms with Gasteiger partial charge in [-0.3, -0.25) is 35.9 Å². The van der Waals surface area contributed by atoms with Crippen LogP contribution in [0.2, 0.25) is 0 Å². The summed E-state index contributed by atoms with van der Waals surface area (Å²) < 4.78 is 6.24. The summed E-state index contributed by atoms with van der Waals surface area (Å²) in [7, 11) is 0. The lowest BCUT2D eigenvalue weighted by molar-refractivity contribution is -0.384. The number of nitrogens with one attached hydrogen (secondary N) is 3. The quantitative estimate of drug-likeness (QED) is 0.223. The van der Waals surface area contributed by atoms with Gasteiger partial charge in [0.05, 0.1) is 9.40 Å². The molecule has 0 heterocycles. The van der Waals surface area contributed by atoms with Crippen molar-refractivity contribution in [3.05, 3.63) is 74.3 Å². The second-order valence-electron chi connectivity index (χ2n) is 7.86. The summed E-state index contributed by atoms with van der Waals surface area (Å²) in [5, 5.41) is 13.0. The summed E-state index contributed by atoms with van der Waals surface area (Å²) in [6.45, 7) is 6.02. The van der Waals surface area contributed by atoms with Gasteiger partial charge in [0.15, 0.2) is 11.7 Å². The number of hydrazine groups is 1. The van der Waals surface area contributed by atoms with Crippen molar-refractivity contribution in [1.82, 2.24) is 16.2 Å². The van der Waals surface area contributed by atoms with Crippen LogP contribution in [0, 0.1) is 10.1 Å². The first-order valence-corrected chi connectivity index (χ1v) is 10.9. The molecule has 0 unspecified atom stereocenters. The summed E-state index contributed by atoms with van der Waals surface area (Å²) in [5.41, 5.74) is 6.22. The van der Waals surface area contributed by atoms with Gasteiger partial charge in [-0.1, -0.05) is 39.0 Å². The number of hydrogen-bond acceptors (Lipinski definition) is 6. The molecule has 11 heteroatoms. The number of ether oxygens (including phenoxy) is 1. The van der Waals surface area contributed by atoms with Crippen LogP contribution < -0.4 is 20.9 Å². The number of carbonyl (C=O) groups excluding carboxylic acids is 2. The van der Waals surface area contributed by atoms with Crippen LogP contribution in [0.15, 0.2) is 53.0 Å². The molecule has 0 atom stereocenters. The lowest BCUT2D eigenvalue weighted by Crippen LogP contribution is -2.49. The monoisotopic (exact) mass is 534 g/mol. The van der Waals surface area contributed by atoms with Gasteiger partial charge >= 0.3 is 0 Å². The van der Waals surface area contributed by atoms with Crippen LogP contribution in [0.1, 0.15) is 31.9 Å². The third-order valence-electron chi connectivity index (χ3n) is 4.22. The number of carbonyl (C=O) groups is 2. The van der Waals surface area contributed by atoms with Gasteiger partial charge in [-0.2, -0.15) is 0 Å². The fourth-order valence-corrected chi connectivity index (χ4v) is 3.13. The Morgan fingerprint density at radius 1 is 1.18 bits per heavy atom. The summed E-state index contributed by atoms with van der Waals surface area (Å²) >= 11 is 8.39. The fraction of sp³-hybridized carbons (Fsp3) is 0.227. The molecular formula is C22H23BrN4O5S. The standard InChI is InChI=1S/C22H23BrN4O5S/c1-22(2,3)15-8-9-18(17(23)12-15)32-13-20(29)25-26-21(33)24-19(28)10-7-14-5-4-6-16(11-14)27(30)31/h4-12H,13H2,1-3H3,(H,25,29)(H2,24,26,28,33)/b10-7+. The van der Waals surface area contributed by atoms with Gasteiger partial charge in [0.25, 0.3) is 11.6 Å². The molecule has 2 amide bonds. The first-order valence-electron chi connectivity index (χ1n) is 9.71. The number of nitro groups is 1. The van der Waals surface area contributed by atoms with E-state index in [9.17, 15) is 19.7 Å². The molecule has 9 nitrogen and oxygen atoms in total. The topological polar surface area (TPSA) is 123 Å². The number of nitro benzene ring substituents is 1. The second kappa shape index (κ2) is 11.5. The van der Waals surface area contributed by atoms with Crippen LogP contribution in [0.5, 0.6) is 5.75 Å². The number of benzene rings is 2. The summed E-state index contributed by atoms with van der Waals surface area (Å²) in [5.74, 6) is -0.571. The van der Waals surface area contributed by atoms with Crippen molar-refractivity contribution in [3.8, 4) is 5.75 Å². The predicted molar refractivity (Wildman–Crippen MR) is 132 cm³/mol. The van der Waals surface area contributed by atoms with Gasteiger partial charge in [-0.05, 0) is 62.9 Å². The number of amides is 2. The molecule has 0 aliphatic heterocycles. The molecule has 2 rings (SSSR count). The highest BCUT2D eigenvalue weighted by atomic mass is 79.9. The molecule has 174 valence electrons. The van der Waals surface area contributed by atoms with Crippen molar-refractivity contribution in [2.45, 2.75) is 26.2 Å². The van der Waals surface area contributed by atoms with Crippen LogP contribution in [0.25, 0.3) is 6.08 Å². The van der Waals surface area contributed by atoms with E-state index < -0.39 is 16.7 Å². The number of halogens is 1. The molecule has 0 bridgehead atoms. The third-order valence-corrected chi connectivity index (χ3v) is 5.04. The Kier molecular flexibility index (Phi) is 9.06. The van der Waals surface area contributed by atoms with E-state index in [0.717, 1.165) is 16.1 Å². The molecule has 0 fully saturated rings. The zero-order valence-corrected chi connectivity index (χ0v) is 20.6. The maximum absolute atomic E-state index is 12.0. The van der Waals surface area contributed by atoms with Gasteiger partial charge in [0.2, 0.25) is 5.91 Å². The van der Waals surface area contributed by atoms with E-state index in [1.54, 1.807) is 12.1 Å². The van der Waals surface area contributed by atoms with E-state index in [4.69, 9.17) is 17.0 Å². The van der Waals surface area contributed by atoms with Crippen molar-refractivity contribution in [1.29, 1.82) is 0 Å². The van der Waals surface area contributed by atoms with Crippen molar-refractivity contribution in [2.24, 2.45) is 0 Å². The minimum atomic E-state index is -0.577. The van der Waals surface area contributed by atoms with E-state index in [1.165, 1.54) is 24.3 Å². The largest absolute Gasteiger partial charge is 0.483 e. The van der Waals surface area contributed by atoms with E-state index in [2.05, 4.69) is 52.9 Å². The van der Waals surface area contributed by atoms with Crippen molar-refractivity contribution >= 4 is 56.8 Å². The maximum atomic E-state index is 12.0. The molecule has 3 N–H and O–H groups in total. The summed E-state index contributed by atoms with van der Waals surface area (Å²) in [6.07, 6.45) is 2.57. The second-order valence-corrected chi connectivity index (χ2v) is 9.12. The van der Waals surface area contributed by atoms with Gasteiger partial charge in [-0.15, -0.1) is 0 Å². The lowest BCUT2D eigenvalue weighted by Gasteiger charge is -2.20. The highest BCUT2D eigenvalue weighted by Gasteiger charge is 2.15. The van der Waals surface area contributed by atoms with Crippen molar-refractivity contribution < 1.29 is 19.2 Å². The maximum Gasteiger partial charge on any atom is 0.276 e. The lowest BCUT2D eigenvalue weighted by atomic mass is 9.87. The smallest absolute Gasteiger partial charge is 0.276 e. The van der Waals surface area contributed by atoms with Crippen LogP contribution in [-0.2, 0) is 15.0 Å². The third kappa shape index (κ3) is 8.62. The minimum absolute atomic E-state index is 0.0171. The van der Waals surface area contributed by atoms with Crippen LogP contribution >= 0.6 is 28.1 Å². The normalized spacial score (nSPS) is 11.0. The Labute approximate surface area is 204 Å². The predicted octanol–water partition coefficient (Wildman–Crippen LogP) is 3.77. The number of nitrogens with zero attached hydrogens (tertiary/aromatic N) is 1. The Balaban J connectivity index is 1.78. The highest BCUT2D eigenvalue weighted by molar-refractivity contribution is 9.10. The molecule has 0 aliphatic rings. The number of rotatable bonds is 6. The molecule has 0 radical (unpaired) electrons. The van der Waals surface area contributed by atoms with E-state index in [0.29, 0.717) is 11.3 Å².